The van der Waals surface area contributed by atoms with E-state index in [9.17, 15) is 4.79 Å². The Bertz CT molecular complexity index is 602. The summed E-state index contributed by atoms with van der Waals surface area (Å²) >= 11 is 1.64. The van der Waals surface area contributed by atoms with E-state index in [-0.39, 0.29) is 5.56 Å². The number of hydrogen-bond acceptors (Lipinski definition) is 4. The molecule has 0 aliphatic carbocycles. The van der Waals surface area contributed by atoms with Crippen LogP contribution in [0.1, 0.15) is 26.3 Å². The number of hydrogen-bond donors (Lipinski definition) is 1. The first-order valence-corrected chi connectivity index (χ1v) is 7.85. The fraction of sp³-hybridized carbons (Fsp3) is 0.467. The predicted molar refractivity (Wildman–Crippen MR) is 84.0 cm³/mol. The van der Waals surface area contributed by atoms with Crippen molar-refractivity contribution in [3.63, 3.8) is 0 Å². The van der Waals surface area contributed by atoms with E-state index in [0.717, 1.165) is 22.7 Å². The van der Waals surface area contributed by atoms with Gasteiger partial charge in [-0.2, -0.15) is 5.10 Å². The van der Waals surface area contributed by atoms with Crippen molar-refractivity contribution < 1.29 is 0 Å². The highest BCUT2D eigenvalue weighted by Gasteiger charge is 2.11. The molecule has 2 aromatic heterocycles. The minimum Gasteiger partial charge on any atom is -0.313 e. The summed E-state index contributed by atoms with van der Waals surface area (Å²) in [5.41, 5.74) is 1.68. The van der Waals surface area contributed by atoms with E-state index in [2.05, 4.69) is 24.3 Å². The van der Waals surface area contributed by atoms with Crippen molar-refractivity contribution >= 4 is 11.3 Å². The SMILES string of the molecule is CCNCc1cc(-c2cccs2)nn(CC(C)C)c1=O. The van der Waals surface area contributed by atoms with E-state index in [1.165, 1.54) is 0 Å². The minimum atomic E-state index is 0.0138. The number of rotatable bonds is 6. The van der Waals surface area contributed by atoms with Crippen LogP contribution in [0.25, 0.3) is 10.6 Å². The molecule has 20 heavy (non-hydrogen) atoms. The maximum absolute atomic E-state index is 12.4. The Kier molecular flexibility index (Phi) is 5.09. The third kappa shape index (κ3) is 3.55. The summed E-state index contributed by atoms with van der Waals surface area (Å²) in [6, 6.07) is 5.95. The quantitative estimate of drug-likeness (QED) is 0.890. The number of aromatic nitrogens is 2. The molecular formula is C15H21N3OS. The van der Waals surface area contributed by atoms with Gasteiger partial charge in [0.2, 0.25) is 0 Å². The molecule has 0 saturated heterocycles. The van der Waals surface area contributed by atoms with Crippen LogP contribution in [-0.4, -0.2) is 16.3 Å². The van der Waals surface area contributed by atoms with E-state index in [1.54, 1.807) is 16.0 Å². The molecule has 0 bridgehead atoms. The van der Waals surface area contributed by atoms with Gasteiger partial charge in [-0.25, -0.2) is 4.68 Å². The summed E-state index contributed by atoms with van der Waals surface area (Å²) in [4.78, 5) is 13.5. The molecule has 0 amide bonds. The van der Waals surface area contributed by atoms with Crippen LogP contribution in [0.5, 0.6) is 0 Å². The second-order valence-corrected chi connectivity index (χ2v) is 6.14. The number of thiophene rings is 1. The highest BCUT2D eigenvalue weighted by molar-refractivity contribution is 7.13. The summed E-state index contributed by atoms with van der Waals surface area (Å²) in [7, 11) is 0. The van der Waals surface area contributed by atoms with Gasteiger partial charge in [0, 0.05) is 18.7 Å². The van der Waals surface area contributed by atoms with Gasteiger partial charge in [-0.15, -0.1) is 11.3 Å². The Morgan fingerprint density at radius 1 is 1.45 bits per heavy atom. The molecule has 0 radical (unpaired) electrons. The Morgan fingerprint density at radius 2 is 2.25 bits per heavy atom. The Morgan fingerprint density at radius 3 is 2.85 bits per heavy atom. The van der Waals surface area contributed by atoms with E-state index in [0.29, 0.717) is 19.0 Å². The van der Waals surface area contributed by atoms with E-state index in [1.807, 2.05) is 30.5 Å². The monoisotopic (exact) mass is 291 g/mol. The average molecular weight is 291 g/mol. The lowest BCUT2D eigenvalue weighted by atomic mass is 10.2. The van der Waals surface area contributed by atoms with Crippen LogP contribution >= 0.6 is 11.3 Å². The fourth-order valence-electron chi connectivity index (χ4n) is 2.00. The van der Waals surface area contributed by atoms with Crippen molar-refractivity contribution in [2.75, 3.05) is 6.54 Å². The molecule has 5 heteroatoms. The highest BCUT2D eigenvalue weighted by atomic mass is 32.1. The molecule has 0 fully saturated rings. The van der Waals surface area contributed by atoms with Crippen molar-refractivity contribution in [2.45, 2.75) is 33.9 Å². The summed E-state index contributed by atoms with van der Waals surface area (Å²) in [5, 5.41) is 9.76. The normalized spacial score (nSPS) is 11.2. The summed E-state index contributed by atoms with van der Waals surface area (Å²) in [6.45, 7) is 8.31. The largest absolute Gasteiger partial charge is 0.313 e. The molecule has 108 valence electrons. The summed E-state index contributed by atoms with van der Waals surface area (Å²) < 4.78 is 1.60. The maximum Gasteiger partial charge on any atom is 0.271 e. The van der Waals surface area contributed by atoms with Crippen LogP contribution < -0.4 is 10.9 Å². The molecule has 0 aliphatic rings. The van der Waals surface area contributed by atoms with Crippen molar-refractivity contribution in [2.24, 2.45) is 5.92 Å². The van der Waals surface area contributed by atoms with Gasteiger partial charge in [0.25, 0.3) is 5.56 Å². The smallest absolute Gasteiger partial charge is 0.271 e. The first-order chi connectivity index (χ1) is 9.61. The van der Waals surface area contributed by atoms with Gasteiger partial charge in [-0.05, 0) is 30.0 Å². The molecule has 0 aliphatic heterocycles. The summed E-state index contributed by atoms with van der Waals surface area (Å²) in [5.74, 6) is 0.394. The van der Waals surface area contributed by atoms with Crippen LogP contribution in [0.3, 0.4) is 0 Å². The first kappa shape index (κ1) is 14.9. The number of nitrogens with one attached hydrogen (secondary N) is 1. The minimum absolute atomic E-state index is 0.0138. The third-order valence-corrected chi connectivity index (χ3v) is 3.82. The van der Waals surface area contributed by atoms with Gasteiger partial charge in [-0.1, -0.05) is 26.8 Å². The second-order valence-electron chi connectivity index (χ2n) is 5.19. The van der Waals surface area contributed by atoms with Crippen LogP contribution in [0.15, 0.2) is 28.4 Å². The topological polar surface area (TPSA) is 46.9 Å². The molecule has 0 unspecified atom stereocenters. The maximum atomic E-state index is 12.4. The highest BCUT2D eigenvalue weighted by Crippen LogP contribution is 2.22. The Balaban J connectivity index is 2.45. The van der Waals surface area contributed by atoms with Crippen molar-refractivity contribution in [1.29, 1.82) is 0 Å². The molecule has 0 spiro atoms. The predicted octanol–water partition coefficient (Wildman–Crippen LogP) is 2.74. The Labute approximate surface area is 123 Å². The van der Waals surface area contributed by atoms with Crippen LogP contribution in [0.4, 0.5) is 0 Å². The lowest BCUT2D eigenvalue weighted by Gasteiger charge is -2.12. The average Bonchev–Trinajstić information content (AvgIpc) is 2.93. The van der Waals surface area contributed by atoms with Gasteiger partial charge < -0.3 is 5.32 Å². The van der Waals surface area contributed by atoms with Crippen molar-refractivity contribution in [3.05, 3.63) is 39.5 Å². The van der Waals surface area contributed by atoms with Gasteiger partial charge in [0.1, 0.15) is 5.69 Å². The summed E-state index contributed by atoms with van der Waals surface area (Å²) in [6.07, 6.45) is 0. The van der Waals surface area contributed by atoms with E-state index >= 15 is 0 Å². The van der Waals surface area contributed by atoms with Gasteiger partial charge in [0.05, 0.1) is 4.88 Å². The molecule has 0 atom stereocenters. The third-order valence-electron chi connectivity index (χ3n) is 2.93. The van der Waals surface area contributed by atoms with Crippen LogP contribution in [0.2, 0.25) is 0 Å². The van der Waals surface area contributed by atoms with E-state index < -0.39 is 0 Å². The molecule has 1 N–H and O–H groups in total. The molecule has 2 heterocycles. The van der Waals surface area contributed by atoms with Crippen molar-refractivity contribution in [1.82, 2.24) is 15.1 Å². The second kappa shape index (κ2) is 6.81. The zero-order valence-electron chi connectivity index (χ0n) is 12.2. The standard InChI is InChI=1S/C15H21N3OS/c1-4-16-9-12-8-13(14-6-5-7-20-14)17-18(15(12)19)10-11(2)3/h5-8,11,16H,4,9-10H2,1-3H3. The molecular weight excluding hydrogens is 270 g/mol. The fourth-order valence-corrected chi connectivity index (χ4v) is 2.68. The lowest BCUT2D eigenvalue weighted by Crippen LogP contribution is -2.30. The van der Waals surface area contributed by atoms with Gasteiger partial charge in [0.15, 0.2) is 0 Å². The van der Waals surface area contributed by atoms with Gasteiger partial charge >= 0.3 is 0 Å². The molecule has 0 saturated carbocycles. The molecule has 2 aromatic rings. The molecule has 2 rings (SSSR count). The van der Waals surface area contributed by atoms with Crippen molar-refractivity contribution in [3.8, 4) is 10.6 Å². The van der Waals surface area contributed by atoms with Crippen LogP contribution in [-0.2, 0) is 13.1 Å². The zero-order chi connectivity index (χ0) is 14.5. The van der Waals surface area contributed by atoms with E-state index in [4.69, 9.17) is 0 Å². The zero-order valence-corrected chi connectivity index (χ0v) is 13.0. The first-order valence-electron chi connectivity index (χ1n) is 6.97. The molecule has 0 aromatic carbocycles. The number of nitrogens with zero attached hydrogens (tertiary/aromatic N) is 2. The van der Waals surface area contributed by atoms with Crippen LogP contribution in [0, 0.1) is 5.92 Å². The molecule has 4 nitrogen and oxygen atoms in total. The van der Waals surface area contributed by atoms with Gasteiger partial charge in [-0.3, -0.25) is 4.79 Å². The lowest BCUT2D eigenvalue weighted by molar-refractivity contribution is 0.461. The Hall–Kier alpha value is -1.46.